The van der Waals surface area contributed by atoms with E-state index in [-0.39, 0.29) is 35.5 Å². The van der Waals surface area contributed by atoms with Crippen molar-refractivity contribution in [3.8, 4) is 11.5 Å². The van der Waals surface area contributed by atoms with Gasteiger partial charge in [0.2, 0.25) is 0 Å². The van der Waals surface area contributed by atoms with Crippen LogP contribution in [0.5, 0.6) is 11.5 Å². The fourth-order valence-corrected chi connectivity index (χ4v) is 3.31. The van der Waals surface area contributed by atoms with Crippen LogP contribution in [0.3, 0.4) is 0 Å². The van der Waals surface area contributed by atoms with Crippen LogP contribution in [-0.4, -0.2) is 56.5 Å². The molecule has 0 aliphatic rings. The van der Waals surface area contributed by atoms with Crippen LogP contribution >= 0.6 is 0 Å². The van der Waals surface area contributed by atoms with Crippen LogP contribution < -0.4 is 21.7 Å². The predicted molar refractivity (Wildman–Crippen MR) is 120 cm³/mol. The first kappa shape index (κ1) is 27.0. The molecular formula is C25H36BrNO4. The minimum Gasteiger partial charge on any atom is -1.00 e. The number of benzene rings is 2. The first-order chi connectivity index (χ1) is 14.0. The zero-order valence-corrected chi connectivity index (χ0v) is 21.4. The molecule has 0 atom stereocenters. The molecule has 172 valence electrons. The lowest BCUT2D eigenvalue weighted by atomic mass is 9.93. The van der Waals surface area contributed by atoms with E-state index < -0.39 is 0 Å². The second-order valence-electron chi connectivity index (χ2n) is 9.28. The molecule has 0 unspecified atom stereocenters. The van der Waals surface area contributed by atoms with E-state index in [1.165, 1.54) is 5.56 Å². The molecule has 5 nitrogen and oxygen atoms in total. The number of likely N-dealkylation sites (N-methyl/N-ethyl adjacent to an activating group) is 1. The summed E-state index contributed by atoms with van der Waals surface area (Å²) in [5.74, 6) is 0.934. The molecule has 0 aromatic heterocycles. The number of nitrogens with zero attached hydrogens (tertiary/aromatic N) is 1. The van der Waals surface area contributed by atoms with Crippen molar-refractivity contribution in [3.63, 3.8) is 0 Å². The monoisotopic (exact) mass is 493 g/mol. The van der Waals surface area contributed by atoms with Crippen molar-refractivity contribution in [2.75, 3.05) is 40.9 Å². The number of quaternary nitrogens is 1. The van der Waals surface area contributed by atoms with Gasteiger partial charge in [-0.05, 0) is 72.2 Å². The van der Waals surface area contributed by atoms with E-state index >= 15 is 0 Å². The molecule has 0 saturated heterocycles. The average molecular weight is 494 g/mol. The highest BCUT2D eigenvalue weighted by Gasteiger charge is 2.13. The van der Waals surface area contributed by atoms with E-state index in [9.17, 15) is 9.90 Å². The Bertz CT molecular complexity index is 865. The van der Waals surface area contributed by atoms with Crippen LogP contribution in [0.4, 0.5) is 0 Å². The number of phenols is 1. The third-order valence-electron chi connectivity index (χ3n) is 5.15. The fraction of sp³-hybridized carbons (Fsp3) is 0.480. The highest BCUT2D eigenvalue weighted by atomic mass is 79.9. The molecule has 0 amide bonds. The third-order valence-corrected chi connectivity index (χ3v) is 5.15. The summed E-state index contributed by atoms with van der Waals surface area (Å²) in [6.45, 7) is 9.31. The van der Waals surface area contributed by atoms with Gasteiger partial charge in [0.1, 0.15) is 24.7 Å². The number of aromatic hydroxyl groups is 1. The van der Waals surface area contributed by atoms with E-state index in [1.807, 2.05) is 18.2 Å². The van der Waals surface area contributed by atoms with E-state index in [0.717, 1.165) is 39.7 Å². The summed E-state index contributed by atoms with van der Waals surface area (Å²) >= 11 is 0. The molecule has 0 spiro atoms. The minimum absolute atomic E-state index is 0. The zero-order chi connectivity index (χ0) is 22.5. The number of rotatable bonds is 9. The molecule has 0 saturated carbocycles. The van der Waals surface area contributed by atoms with Crippen LogP contribution in [-0.2, 0) is 16.0 Å². The second-order valence-corrected chi connectivity index (χ2v) is 9.28. The van der Waals surface area contributed by atoms with Crippen LogP contribution in [0, 0.1) is 13.8 Å². The molecule has 2 aromatic rings. The largest absolute Gasteiger partial charge is 1.00 e. The smallest absolute Gasteiger partial charge is 0.344 e. The van der Waals surface area contributed by atoms with Gasteiger partial charge in [-0.2, -0.15) is 0 Å². The normalized spacial score (nSPS) is 11.2. The van der Waals surface area contributed by atoms with Crippen LogP contribution in [0.15, 0.2) is 30.3 Å². The molecule has 2 aromatic carbocycles. The van der Waals surface area contributed by atoms with Gasteiger partial charge in [-0.15, -0.1) is 0 Å². The van der Waals surface area contributed by atoms with Crippen molar-refractivity contribution in [3.05, 3.63) is 58.1 Å². The summed E-state index contributed by atoms with van der Waals surface area (Å²) in [6.07, 6.45) is 0.783. The zero-order valence-electron chi connectivity index (χ0n) is 19.8. The number of carbonyl (C=O) groups is 1. The highest BCUT2D eigenvalue weighted by Crippen LogP contribution is 2.29. The second kappa shape index (κ2) is 11.5. The number of hydrogen-bond donors (Lipinski definition) is 1. The Labute approximate surface area is 197 Å². The summed E-state index contributed by atoms with van der Waals surface area (Å²) in [5.41, 5.74) is 5.59. The maximum Gasteiger partial charge on any atom is 0.344 e. The molecule has 0 aliphatic heterocycles. The first-order valence-electron chi connectivity index (χ1n) is 10.5. The lowest BCUT2D eigenvalue weighted by Gasteiger charge is -2.23. The molecule has 0 bridgehead atoms. The summed E-state index contributed by atoms with van der Waals surface area (Å²) in [6, 6.07) is 9.75. The number of carbonyl (C=O) groups excluding carboxylic acids is 1. The lowest BCUT2D eigenvalue weighted by Crippen LogP contribution is -3.00. The number of phenolic OH excluding ortho intramolecular Hbond substituents is 1. The molecule has 6 heteroatoms. The van der Waals surface area contributed by atoms with Crippen molar-refractivity contribution < 1.29 is 40.8 Å². The van der Waals surface area contributed by atoms with E-state index in [1.54, 1.807) is 6.07 Å². The molecule has 2 rings (SSSR count). The van der Waals surface area contributed by atoms with Gasteiger partial charge in [0.15, 0.2) is 6.61 Å². The lowest BCUT2D eigenvalue weighted by molar-refractivity contribution is -0.870. The van der Waals surface area contributed by atoms with Gasteiger partial charge in [0.25, 0.3) is 0 Å². The Morgan fingerprint density at radius 1 is 1.06 bits per heavy atom. The predicted octanol–water partition coefficient (Wildman–Crippen LogP) is 1.36. The van der Waals surface area contributed by atoms with Crippen molar-refractivity contribution in [1.82, 2.24) is 0 Å². The number of ether oxygens (including phenoxy) is 2. The Balaban J connectivity index is 0.00000480. The topological polar surface area (TPSA) is 55.8 Å². The standard InChI is InChI=1S/C25H35NO4.BrH/c1-17(2)22-14-20(8-9-24(22)27)15-23-18(3)12-21(13-19(23)4)30-16-25(28)29-11-10-26(5,6)7;/h8-9,12-14,17H,10-11,15-16H2,1-7H3;1H. The van der Waals surface area contributed by atoms with Crippen LogP contribution in [0.25, 0.3) is 0 Å². The maximum absolute atomic E-state index is 11.9. The van der Waals surface area contributed by atoms with Crippen molar-refractivity contribution >= 4 is 5.97 Å². The Kier molecular flexibility index (Phi) is 10.0. The Morgan fingerprint density at radius 2 is 1.68 bits per heavy atom. The molecule has 31 heavy (non-hydrogen) atoms. The van der Waals surface area contributed by atoms with Gasteiger partial charge in [-0.1, -0.05) is 26.0 Å². The van der Waals surface area contributed by atoms with Crippen molar-refractivity contribution in [2.24, 2.45) is 0 Å². The van der Waals surface area contributed by atoms with Gasteiger partial charge in [0, 0.05) is 0 Å². The molecule has 0 heterocycles. The quantitative estimate of drug-likeness (QED) is 0.423. The number of esters is 1. The SMILES string of the molecule is Cc1cc(OCC(=O)OCC[N+](C)(C)C)cc(C)c1Cc1ccc(O)c(C(C)C)c1.[Br-]. The van der Waals surface area contributed by atoms with E-state index in [0.29, 0.717) is 18.1 Å². The molecule has 1 N–H and O–H groups in total. The third kappa shape index (κ3) is 8.54. The highest BCUT2D eigenvalue weighted by molar-refractivity contribution is 5.71. The number of hydrogen-bond acceptors (Lipinski definition) is 4. The fourth-order valence-electron chi connectivity index (χ4n) is 3.31. The summed E-state index contributed by atoms with van der Waals surface area (Å²) in [5, 5.41) is 10.1. The average Bonchev–Trinajstić information content (AvgIpc) is 2.63. The van der Waals surface area contributed by atoms with Crippen molar-refractivity contribution in [2.45, 2.75) is 40.0 Å². The van der Waals surface area contributed by atoms with Crippen LogP contribution in [0.1, 0.15) is 47.6 Å². The summed E-state index contributed by atoms with van der Waals surface area (Å²) in [7, 11) is 6.16. The van der Waals surface area contributed by atoms with E-state index in [4.69, 9.17) is 9.47 Å². The minimum atomic E-state index is -0.354. The van der Waals surface area contributed by atoms with E-state index in [2.05, 4.69) is 54.9 Å². The summed E-state index contributed by atoms with van der Waals surface area (Å²) in [4.78, 5) is 11.9. The van der Waals surface area contributed by atoms with Gasteiger partial charge < -0.3 is 36.0 Å². The van der Waals surface area contributed by atoms with Crippen molar-refractivity contribution in [1.29, 1.82) is 0 Å². The Hall–Kier alpha value is -2.05. The van der Waals surface area contributed by atoms with Gasteiger partial charge in [-0.3, -0.25) is 0 Å². The number of halogens is 1. The van der Waals surface area contributed by atoms with Gasteiger partial charge >= 0.3 is 5.97 Å². The molecule has 0 radical (unpaired) electrons. The number of aryl methyl sites for hydroxylation is 2. The van der Waals surface area contributed by atoms with Gasteiger partial charge in [-0.25, -0.2) is 4.79 Å². The first-order valence-corrected chi connectivity index (χ1v) is 10.5. The molecule has 0 fully saturated rings. The van der Waals surface area contributed by atoms with Gasteiger partial charge in [0.05, 0.1) is 21.1 Å². The van der Waals surface area contributed by atoms with Crippen LogP contribution in [0.2, 0.25) is 0 Å². The molecular weight excluding hydrogens is 458 g/mol. The maximum atomic E-state index is 11.9. The Morgan fingerprint density at radius 3 is 2.23 bits per heavy atom. The molecule has 0 aliphatic carbocycles. The summed E-state index contributed by atoms with van der Waals surface area (Å²) < 4.78 is 11.7.